The number of carbonyl (C=O) groups excluding carboxylic acids is 1. The quantitative estimate of drug-likeness (QED) is 0.660. The fraction of sp³-hybridized carbons (Fsp3) is 0.357. The van der Waals surface area contributed by atoms with Crippen LogP contribution in [0.25, 0.3) is 11.5 Å². The third kappa shape index (κ3) is 4.69. The summed E-state index contributed by atoms with van der Waals surface area (Å²) in [5.74, 6) is -1.20. The zero-order valence-corrected chi connectivity index (χ0v) is 13.9. The zero-order chi connectivity index (χ0) is 17.9. The van der Waals surface area contributed by atoms with Gasteiger partial charge in [0.1, 0.15) is 27.3 Å². The van der Waals surface area contributed by atoms with Crippen LogP contribution in [0.2, 0.25) is 0 Å². The standard InChI is InChI=1S/C14H17N3O6S/c1-8-3-4-12(23-8)10-7-11(17-16-10)13(18)15-9(14(19)20)5-6-24(2,21)22/h3-4,7,9H,5-6H2,1-2H3,(H,15,18)(H,16,17)(H,19,20)/t9-/m1/s1. The molecule has 2 heterocycles. The van der Waals surface area contributed by atoms with Crippen LogP contribution in [0.15, 0.2) is 22.6 Å². The van der Waals surface area contributed by atoms with Gasteiger partial charge < -0.3 is 14.8 Å². The van der Waals surface area contributed by atoms with Gasteiger partial charge in [-0.25, -0.2) is 13.2 Å². The highest BCUT2D eigenvalue weighted by Crippen LogP contribution is 2.20. The average molecular weight is 355 g/mol. The van der Waals surface area contributed by atoms with E-state index < -0.39 is 27.8 Å². The molecule has 0 aliphatic heterocycles. The summed E-state index contributed by atoms with van der Waals surface area (Å²) in [4.78, 5) is 23.3. The molecule has 0 aromatic carbocycles. The molecule has 2 aromatic rings. The monoisotopic (exact) mass is 355 g/mol. The van der Waals surface area contributed by atoms with Crippen LogP contribution < -0.4 is 5.32 Å². The molecule has 9 nitrogen and oxygen atoms in total. The molecule has 0 saturated carbocycles. The summed E-state index contributed by atoms with van der Waals surface area (Å²) in [5, 5.41) is 17.8. The van der Waals surface area contributed by atoms with E-state index in [1.165, 1.54) is 6.07 Å². The van der Waals surface area contributed by atoms with Crippen molar-refractivity contribution in [3.63, 3.8) is 0 Å². The number of carboxylic acid groups (broad SMARTS) is 1. The summed E-state index contributed by atoms with van der Waals surface area (Å²) in [6, 6.07) is 3.56. The van der Waals surface area contributed by atoms with Crippen molar-refractivity contribution >= 4 is 21.7 Å². The predicted octanol–water partition coefficient (Wildman–Crippen LogP) is 0.596. The second kappa shape index (κ2) is 6.87. The van der Waals surface area contributed by atoms with Gasteiger partial charge in [0.05, 0.1) is 5.75 Å². The molecule has 0 bridgehead atoms. The number of aryl methyl sites for hydroxylation is 1. The van der Waals surface area contributed by atoms with Gasteiger partial charge in [0.2, 0.25) is 0 Å². The van der Waals surface area contributed by atoms with Crippen LogP contribution in [-0.2, 0) is 14.6 Å². The van der Waals surface area contributed by atoms with Crippen molar-refractivity contribution in [3.05, 3.63) is 29.7 Å². The maximum Gasteiger partial charge on any atom is 0.326 e. The molecule has 10 heteroatoms. The van der Waals surface area contributed by atoms with Gasteiger partial charge in [-0.15, -0.1) is 0 Å². The third-order valence-corrected chi connectivity index (χ3v) is 4.17. The van der Waals surface area contributed by atoms with Crippen LogP contribution in [0.5, 0.6) is 0 Å². The summed E-state index contributed by atoms with van der Waals surface area (Å²) in [6.45, 7) is 1.77. The molecule has 0 aliphatic rings. The summed E-state index contributed by atoms with van der Waals surface area (Å²) in [5.41, 5.74) is 0.445. The number of aromatic nitrogens is 2. The highest BCUT2D eigenvalue weighted by atomic mass is 32.2. The van der Waals surface area contributed by atoms with E-state index in [-0.39, 0.29) is 17.9 Å². The topological polar surface area (TPSA) is 142 Å². The van der Waals surface area contributed by atoms with Crippen LogP contribution in [0.4, 0.5) is 0 Å². The molecule has 130 valence electrons. The molecule has 24 heavy (non-hydrogen) atoms. The number of nitrogens with zero attached hydrogens (tertiary/aromatic N) is 1. The zero-order valence-electron chi connectivity index (χ0n) is 13.1. The number of aliphatic carboxylic acids is 1. The van der Waals surface area contributed by atoms with E-state index in [1.807, 2.05) is 0 Å². The first-order chi connectivity index (χ1) is 11.2. The number of amides is 1. The lowest BCUT2D eigenvalue weighted by Gasteiger charge is -2.12. The Labute approximate surface area is 138 Å². The largest absolute Gasteiger partial charge is 0.480 e. The fourth-order valence-corrected chi connectivity index (χ4v) is 2.63. The maximum atomic E-state index is 12.1. The first-order valence-corrected chi connectivity index (χ1v) is 9.05. The molecule has 0 unspecified atom stereocenters. The molecule has 2 aromatic heterocycles. The molecular formula is C14H17N3O6S. The SMILES string of the molecule is Cc1ccc(-c2cc(C(=O)N[C@H](CCS(C)(=O)=O)C(=O)O)n[nH]2)o1. The van der Waals surface area contributed by atoms with Gasteiger partial charge in [0, 0.05) is 12.3 Å². The number of furan rings is 1. The minimum Gasteiger partial charge on any atom is -0.480 e. The highest BCUT2D eigenvalue weighted by Gasteiger charge is 2.23. The minimum absolute atomic E-state index is 0.0235. The fourth-order valence-electron chi connectivity index (χ4n) is 1.97. The van der Waals surface area contributed by atoms with Gasteiger partial charge in [-0.1, -0.05) is 0 Å². The number of sulfone groups is 1. The third-order valence-electron chi connectivity index (χ3n) is 3.20. The molecule has 3 N–H and O–H groups in total. The van der Waals surface area contributed by atoms with E-state index in [0.29, 0.717) is 17.2 Å². The van der Waals surface area contributed by atoms with Crippen molar-refractivity contribution in [2.24, 2.45) is 0 Å². The van der Waals surface area contributed by atoms with Crippen molar-refractivity contribution in [3.8, 4) is 11.5 Å². The van der Waals surface area contributed by atoms with Gasteiger partial charge >= 0.3 is 5.97 Å². The molecule has 1 atom stereocenters. The van der Waals surface area contributed by atoms with Crippen LogP contribution in [0, 0.1) is 6.92 Å². The second-order valence-electron chi connectivity index (χ2n) is 5.36. The Morgan fingerprint density at radius 2 is 2.12 bits per heavy atom. The van der Waals surface area contributed by atoms with Crippen molar-refractivity contribution in [2.45, 2.75) is 19.4 Å². The van der Waals surface area contributed by atoms with Gasteiger partial charge in [-0.3, -0.25) is 9.89 Å². The summed E-state index contributed by atoms with van der Waals surface area (Å²) < 4.78 is 27.7. The lowest BCUT2D eigenvalue weighted by Crippen LogP contribution is -2.42. The van der Waals surface area contributed by atoms with Crippen LogP contribution >= 0.6 is 0 Å². The van der Waals surface area contributed by atoms with Crippen molar-refractivity contribution in [1.82, 2.24) is 15.5 Å². The lowest BCUT2D eigenvalue weighted by molar-refractivity contribution is -0.139. The van der Waals surface area contributed by atoms with E-state index in [2.05, 4.69) is 15.5 Å². The molecule has 0 aliphatic carbocycles. The predicted molar refractivity (Wildman–Crippen MR) is 84.2 cm³/mol. The Morgan fingerprint density at radius 3 is 2.67 bits per heavy atom. The normalized spacial score (nSPS) is 12.8. The van der Waals surface area contributed by atoms with Gasteiger partial charge in [0.25, 0.3) is 5.91 Å². The number of H-pyrrole nitrogens is 1. The maximum absolute atomic E-state index is 12.1. The Hall–Kier alpha value is -2.62. The average Bonchev–Trinajstić information content (AvgIpc) is 3.10. The van der Waals surface area contributed by atoms with Crippen molar-refractivity contribution < 1.29 is 27.5 Å². The molecule has 1 amide bonds. The van der Waals surface area contributed by atoms with Gasteiger partial charge in [-0.05, 0) is 25.5 Å². The number of hydrogen-bond acceptors (Lipinski definition) is 6. The number of carbonyl (C=O) groups is 2. The molecule has 0 radical (unpaired) electrons. The first-order valence-electron chi connectivity index (χ1n) is 6.99. The molecule has 0 spiro atoms. The highest BCUT2D eigenvalue weighted by molar-refractivity contribution is 7.90. The van der Waals surface area contributed by atoms with Crippen LogP contribution in [0.1, 0.15) is 22.7 Å². The Balaban J connectivity index is 2.07. The number of carboxylic acids is 1. The summed E-state index contributed by atoms with van der Waals surface area (Å²) >= 11 is 0. The van der Waals surface area contributed by atoms with E-state index in [4.69, 9.17) is 9.52 Å². The Morgan fingerprint density at radius 1 is 1.42 bits per heavy atom. The van der Waals surface area contributed by atoms with Crippen LogP contribution in [-0.4, -0.2) is 53.6 Å². The second-order valence-corrected chi connectivity index (χ2v) is 7.62. The molecule has 2 rings (SSSR count). The van der Waals surface area contributed by atoms with Crippen LogP contribution in [0.3, 0.4) is 0 Å². The molecule has 0 fully saturated rings. The van der Waals surface area contributed by atoms with Crippen molar-refractivity contribution in [1.29, 1.82) is 0 Å². The number of nitrogens with one attached hydrogen (secondary N) is 2. The summed E-state index contributed by atoms with van der Waals surface area (Å²) in [6.07, 6.45) is 0.771. The minimum atomic E-state index is -3.33. The van der Waals surface area contributed by atoms with Crippen molar-refractivity contribution in [2.75, 3.05) is 12.0 Å². The summed E-state index contributed by atoms with van der Waals surface area (Å²) in [7, 11) is -3.33. The van der Waals surface area contributed by atoms with E-state index >= 15 is 0 Å². The first kappa shape index (κ1) is 17.7. The number of hydrogen-bond donors (Lipinski definition) is 3. The molecule has 0 saturated heterocycles. The lowest BCUT2D eigenvalue weighted by atomic mass is 10.2. The number of aromatic amines is 1. The Bertz CT molecular complexity index is 851. The van der Waals surface area contributed by atoms with Gasteiger partial charge in [0.15, 0.2) is 11.5 Å². The van der Waals surface area contributed by atoms with E-state index in [9.17, 15) is 18.0 Å². The van der Waals surface area contributed by atoms with E-state index in [1.54, 1.807) is 19.1 Å². The van der Waals surface area contributed by atoms with E-state index in [0.717, 1.165) is 6.26 Å². The molecular weight excluding hydrogens is 338 g/mol. The Kier molecular flexibility index (Phi) is 5.07. The smallest absolute Gasteiger partial charge is 0.326 e. The number of rotatable bonds is 7. The van der Waals surface area contributed by atoms with Gasteiger partial charge in [-0.2, -0.15) is 5.10 Å².